The molecule has 1 heterocycles. The third kappa shape index (κ3) is 1.67. The number of aromatic amines is 1. The molecule has 0 unspecified atom stereocenters. The van der Waals surface area contributed by atoms with Gasteiger partial charge in [-0.25, -0.2) is 4.98 Å². The zero-order valence-electron chi connectivity index (χ0n) is 9.71. The Bertz CT molecular complexity index is 362. The molecule has 0 amide bonds. The summed E-state index contributed by atoms with van der Waals surface area (Å²) in [5.41, 5.74) is 1.29. The van der Waals surface area contributed by atoms with Gasteiger partial charge in [0.2, 0.25) is 0 Å². The van der Waals surface area contributed by atoms with Gasteiger partial charge in [-0.15, -0.1) is 0 Å². The second-order valence-electron chi connectivity index (χ2n) is 5.46. The third-order valence-electron chi connectivity index (χ3n) is 4.30. The first kappa shape index (κ1) is 10.3. The summed E-state index contributed by atoms with van der Waals surface area (Å²) in [5.74, 6) is 1.71. The molecule has 0 bridgehead atoms. The van der Waals surface area contributed by atoms with Crippen molar-refractivity contribution in [2.45, 2.75) is 56.3 Å². The molecular weight excluding hydrogens is 200 g/mol. The van der Waals surface area contributed by atoms with Gasteiger partial charge in [-0.2, -0.15) is 0 Å². The number of aliphatic hydroxyl groups is 1. The number of hydrogen-bond acceptors (Lipinski definition) is 2. The minimum absolute atomic E-state index is 0.00703. The quantitative estimate of drug-likeness (QED) is 0.822. The maximum Gasteiger partial charge on any atom is 0.114 e. The molecular formula is C13H20N2O. The fourth-order valence-electron chi connectivity index (χ4n) is 2.85. The summed E-state index contributed by atoms with van der Waals surface area (Å²) in [5, 5.41) is 9.37. The van der Waals surface area contributed by atoms with Gasteiger partial charge in [0.1, 0.15) is 5.82 Å². The molecule has 0 spiro atoms. The lowest BCUT2D eigenvalue weighted by atomic mass is 9.87. The Balaban J connectivity index is 1.77. The maximum absolute atomic E-state index is 9.37. The summed E-state index contributed by atoms with van der Waals surface area (Å²) in [4.78, 5) is 7.95. The first-order valence-corrected chi connectivity index (χ1v) is 6.50. The van der Waals surface area contributed by atoms with E-state index in [2.05, 4.69) is 9.97 Å². The van der Waals surface area contributed by atoms with Crippen molar-refractivity contribution in [2.75, 3.05) is 6.61 Å². The molecule has 2 N–H and O–H groups in total. The maximum atomic E-state index is 9.37. The molecule has 0 atom stereocenters. The van der Waals surface area contributed by atoms with Gasteiger partial charge in [0, 0.05) is 17.8 Å². The van der Waals surface area contributed by atoms with E-state index in [1.807, 2.05) is 6.20 Å². The smallest absolute Gasteiger partial charge is 0.114 e. The Morgan fingerprint density at radius 1 is 1.31 bits per heavy atom. The lowest BCUT2D eigenvalue weighted by molar-refractivity contribution is 0.250. The fourth-order valence-corrected chi connectivity index (χ4v) is 2.85. The van der Waals surface area contributed by atoms with Gasteiger partial charge >= 0.3 is 0 Å². The Morgan fingerprint density at radius 3 is 2.69 bits per heavy atom. The normalized spacial score (nSPS) is 24.6. The minimum atomic E-state index is -0.00703. The summed E-state index contributed by atoms with van der Waals surface area (Å²) < 4.78 is 0. The average Bonchev–Trinajstić information content (AvgIpc) is 3.00. The van der Waals surface area contributed by atoms with E-state index in [0.717, 1.165) is 18.7 Å². The predicted molar refractivity (Wildman–Crippen MR) is 62.4 cm³/mol. The van der Waals surface area contributed by atoms with Crippen LogP contribution < -0.4 is 0 Å². The van der Waals surface area contributed by atoms with Crippen LogP contribution >= 0.6 is 0 Å². The molecule has 1 aromatic heterocycles. The molecule has 0 aliphatic heterocycles. The molecule has 3 nitrogen and oxygen atoms in total. The molecule has 88 valence electrons. The number of imidazole rings is 1. The van der Waals surface area contributed by atoms with E-state index in [1.54, 1.807) is 0 Å². The van der Waals surface area contributed by atoms with Crippen molar-refractivity contribution in [1.29, 1.82) is 0 Å². The number of aromatic nitrogens is 2. The van der Waals surface area contributed by atoms with Crippen LogP contribution in [0.25, 0.3) is 0 Å². The Kier molecular flexibility index (Phi) is 2.51. The lowest BCUT2D eigenvalue weighted by Gasteiger charge is -2.20. The molecule has 0 radical (unpaired) electrons. The molecule has 2 aliphatic carbocycles. The highest BCUT2D eigenvalue weighted by Crippen LogP contribution is 2.46. The fraction of sp³-hybridized carbons (Fsp3) is 0.769. The second kappa shape index (κ2) is 3.88. The number of hydrogen-bond donors (Lipinski definition) is 2. The third-order valence-corrected chi connectivity index (χ3v) is 4.30. The molecule has 0 aromatic carbocycles. The summed E-state index contributed by atoms with van der Waals surface area (Å²) in [7, 11) is 0. The SMILES string of the molecule is OCC1(c2ncc(C3CCCCC3)[nH]2)CC1. The van der Waals surface area contributed by atoms with Crippen molar-refractivity contribution in [3.05, 3.63) is 17.7 Å². The average molecular weight is 220 g/mol. The molecule has 0 saturated heterocycles. The Labute approximate surface area is 96.3 Å². The largest absolute Gasteiger partial charge is 0.395 e. The van der Waals surface area contributed by atoms with Crippen LogP contribution in [0.5, 0.6) is 0 Å². The summed E-state index contributed by atoms with van der Waals surface area (Å²) >= 11 is 0. The zero-order valence-corrected chi connectivity index (χ0v) is 9.71. The van der Waals surface area contributed by atoms with Gasteiger partial charge < -0.3 is 10.1 Å². The standard InChI is InChI=1S/C13H20N2O/c16-9-13(6-7-13)12-14-8-11(15-12)10-4-2-1-3-5-10/h8,10,16H,1-7,9H2,(H,14,15). The topological polar surface area (TPSA) is 48.9 Å². The van der Waals surface area contributed by atoms with E-state index in [9.17, 15) is 5.11 Å². The number of rotatable bonds is 3. The van der Waals surface area contributed by atoms with Gasteiger partial charge in [0.25, 0.3) is 0 Å². The van der Waals surface area contributed by atoms with Crippen LogP contribution in [0.2, 0.25) is 0 Å². The second-order valence-corrected chi connectivity index (χ2v) is 5.46. The number of aliphatic hydroxyl groups excluding tert-OH is 1. The summed E-state index contributed by atoms with van der Waals surface area (Å²) in [6.45, 7) is 0.241. The van der Waals surface area contributed by atoms with Crippen molar-refractivity contribution in [1.82, 2.24) is 9.97 Å². The molecule has 2 saturated carbocycles. The minimum Gasteiger partial charge on any atom is -0.395 e. The van der Waals surface area contributed by atoms with Crippen LogP contribution in [-0.2, 0) is 5.41 Å². The van der Waals surface area contributed by atoms with E-state index in [1.165, 1.54) is 37.8 Å². The van der Waals surface area contributed by atoms with Gasteiger partial charge in [-0.05, 0) is 25.7 Å². The van der Waals surface area contributed by atoms with Gasteiger partial charge in [0.05, 0.1) is 12.0 Å². The van der Waals surface area contributed by atoms with Crippen LogP contribution in [0, 0.1) is 0 Å². The van der Waals surface area contributed by atoms with Crippen LogP contribution in [0.1, 0.15) is 62.4 Å². The molecule has 2 fully saturated rings. The Hall–Kier alpha value is -0.830. The van der Waals surface area contributed by atoms with Crippen molar-refractivity contribution < 1.29 is 5.11 Å². The van der Waals surface area contributed by atoms with Crippen molar-refractivity contribution >= 4 is 0 Å². The van der Waals surface area contributed by atoms with E-state index >= 15 is 0 Å². The highest BCUT2D eigenvalue weighted by atomic mass is 16.3. The molecule has 3 rings (SSSR count). The number of H-pyrrole nitrogens is 1. The molecule has 1 aromatic rings. The van der Waals surface area contributed by atoms with E-state index < -0.39 is 0 Å². The highest BCUT2D eigenvalue weighted by Gasteiger charge is 2.46. The van der Waals surface area contributed by atoms with Crippen molar-refractivity contribution in [3.8, 4) is 0 Å². The molecule has 3 heteroatoms. The summed E-state index contributed by atoms with van der Waals surface area (Å²) in [6.07, 6.45) is 10.9. The van der Waals surface area contributed by atoms with Gasteiger partial charge in [-0.1, -0.05) is 19.3 Å². The first-order valence-electron chi connectivity index (χ1n) is 6.50. The van der Waals surface area contributed by atoms with Crippen LogP contribution in [0.3, 0.4) is 0 Å². The number of nitrogens with zero attached hydrogens (tertiary/aromatic N) is 1. The van der Waals surface area contributed by atoms with Crippen molar-refractivity contribution in [2.24, 2.45) is 0 Å². The predicted octanol–water partition coefficient (Wildman–Crippen LogP) is 2.48. The first-order chi connectivity index (χ1) is 7.84. The van der Waals surface area contributed by atoms with Crippen molar-refractivity contribution in [3.63, 3.8) is 0 Å². The lowest BCUT2D eigenvalue weighted by Crippen LogP contribution is -2.14. The zero-order chi connectivity index (χ0) is 11.0. The van der Waals surface area contributed by atoms with Crippen LogP contribution in [0.4, 0.5) is 0 Å². The van der Waals surface area contributed by atoms with E-state index in [-0.39, 0.29) is 12.0 Å². The van der Waals surface area contributed by atoms with Gasteiger partial charge in [-0.3, -0.25) is 0 Å². The van der Waals surface area contributed by atoms with E-state index in [4.69, 9.17) is 0 Å². The van der Waals surface area contributed by atoms with E-state index in [0.29, 0.717) is 5.92 Å². The molecule has 16 heavy (non-hydrogen) atoms. The monoisotopic (exact) mass is 220 g/mol. The summed E-state index contributed by atoms with van der Waals surface area (Å²) in [6, 6.07) is 0. The Morgan fingerprint density at radius 2 is 2.06 bits per heavy atom. The van der Waals surface area contributed by atoms with Crippen LogP contribution in [0.15, 0.2) is 6.20 Å². The van der Waals surface area contributed by atoms with Gasteiger partial charge in [0.15, 0.2) is 0 Å². The molecule has 2 aliphatic rings. The highest BCUT2D eigenvalue weighted by molar-refractivity contribution is 5.21. The van der Waals surface area contributed by atoms with Crippen LogP contribution in [-0.4, -0.2) is 21.7 Å². The number of nitrogens with one attached hydrogen (secondary N) is 1.